The molecule has 17 heavy (non-hydrogen) atoms. The van der Waals surface area contributed by atoms with E-state index in [2.05, 4.69) is 5.32 Å². The number of nitrogens with one attached hydrogen (secondary N) is 1. The predicted molar refractivity (Wildman–Crippen MR) is 68.9 cm³/mol. The fourth-order valence-corrected chi connectivity index (χ4v) is 1.92. The van der Waals surface area contributed by atoms with Gasteiger partial charge in [0.1, 0.15) is 5.76 Å². The van der Waals surface area contributed by atoms with E-state index in [9.17, 15) is 5.11 Å². The molecule has 0 spiro atoms. The third kappa shape index (κ3) is 2.68. The second-order valence-electron chi connectivity index (χ2n) is 3.67. The molecule has 0 amide bonds. The molecular weight excluding hydrogens is 261 g/mol. The molecule has 1 aromatic heterocycles. The maximum absolute atomic E-state index is 9.42. The Balaban J connectivity index is 2.12. The van der Waals surface area contributed by atoms with Crippen molar-refractivity contribution in [2.24, 2.45) is 0 Å². The molecular formula is C12H11Cl2NO2. The molecule has 0 unspecified atom stereocenters. The number of aryl methyl sites for hydroxylation is 1. The third-order valence-electron chi connectivity index (χ3n) is 2.44. The van der Waals surface area contributed by atoms with Gasteiger partial charge in [-0.1, -0.05) is 23.2 Å². The lowest BCUT2D eigenvalue weighted by molar-refractivity contribution is 0.476. The van der Waals surface area contributed by atoms with E-state index in [1.165, 1.54) is 0 Å². The van der Waals surface area contributed by atoms with E-state index in [0.717, 1.165) is 17.0 Å². The van der Waals surface area contributed by atoms with Gasteiger partial charge in [-0.15, -0.1) is 0 Å². The van der Waals surface area contributed by atoms with Crippen molar-refractivity contribution in [2.75, 3.05) is 5.32 Å². The van der Waals surface area contributed by atoms with Gasteiger partial charge in [0.15, 0.2) is 5.75 Å². The number of halogens is 2. The van der Waals surface area contributed by atoms with Gasteiger partial charge in [0, 0.05) is 5.69 Å². The molecule has 1 aromatic carbocycles. The number of hydrogen-bond acceptors (Lipinski definition) is 3. The van der Waals surface area contributed by atoms with Crippen LogP contribution in [-0.4, -0.2) is 5.11 Å². The Morgan fingerprint density at radius 2 is 1.94 bits per heavy atom. The van der Waals surface area contributed by atoms with E-state index in [1.54, 1.807) is 18.4 Å². The molecule has 5 heteroatoms. The van der Waals surface area contributed by atoms with E-state index < -0.39 is 0 Å². The Hall–Kier alpha value is -1.32. The normalized spacial score (nSPS) is 10.5. The van der Waals surface area contributed by atoms with Crippen molar-refractivity contribution in [3.05, 3.63) is 45.8 Å². The minimum absolute atomic E-state index is 0.104. The minimum atomic E-state index is -0.104. The number of phenols is 1. The summed E-state index contributed by atoms with van der Waals surface area (Å²) in [7, 11) is 0. The highest BCUT2D eigenvalue weighted by Gasteiger charge is 2.07. The van der Waals surface area contributed by atoms with E-state index in [0.29, 0.717) is 6.54 Å². The van der Waals surface area contributed by atoms with Gasteiger partial charge in [0.2, 0.25) is 0 Å². The molecule has 2 aromatic rings. The van der Waals surface area contributed by atoms with Crippen molar-refractivity contribution >= 4 is 28.9 Å². The first kappa shape index (κ1) is 12.1. The van der Waals surface area contributed by atoms with Crippen LogP contribution in [0.3, 0.4) is 0 Å². The number of rotatable bonds is 3. The maximum Gasteiger partial charge on any atom is 0.152 e. The lowest BCUT2D eigenvalue weighted by Gasteiger charge is -2.08. The second kappa shape index (κ2) is 4.90. The Bertz CT molecular complexity index is 514. The van der Waals surface area contributed by atoms with Crippen molar-refractivity contribution < 1.29 is 9.52 Å². The fraction of sp³-hybridized carbons (Fsp3) is 0.167. The van der Waals surface area contributed by atoms with Crippen LogP contribution in [0.4, 0.5) is 5.69 Å². The van der Waals surface area contributed by atoms with Crippen LogP contribution in [0, 0.1) is 6.92 Å². The number of aromatic hydroxyl groups is 1. The Kier molecular flexibility index (Phi) is 3.50. The highest BCUT2D eigenvalue weighted by molar-refractivity contribution is 6.37. The molecule has 0 aliphatic rings. The van der Waals surface area contributed by atoms with Crippen LogP contribution in [0.15, 0.2) is 28.9 Å². The number of furan rings is 1. The van der Waals surface area contributed by atoms with Gasteiger partial charge < -0.3 is 14.8 Å². The SMILES string of the molecule is Cc1ccoc1CNc1cc(Cl)c(O)c(Cl)c1. The summed E-state index contributed by atoms with van der Waals surface area (Å²) in [5.74, 6) is 0.749. The molecule has 0 bridgehead atoms. The third-order valence-corrected chi connectivity index (χ3v) is 3.01. The predicted octanol–water partition coefficient (Wildman–Crippen LogP) is 4.21. The molecule has 0 atom stereocenters. The zero-order chi connectivity index (χ0) is 12.4. The maximum atomic E-state index is 9.42. The zero-order valence-corrected chi connectivity index (χ0v) is 10.6. The van der Waals surface area contributed by atoms with Gasteiger partial charge in [-0.2, -0.15) is 0 Å². The van der Waals surface area contributed by atoms with Gasteiger partial charge in [-0.25, -0.2) is 0 Å². The zero-order valence-electron chi connectivity index (χ0n) is 9.13. The lowest BCUT2D eigenvalue weighted by Crippen LogP contribution is -1.99. The van der Waals surface area contributed by atoms with Crippen molar-refractivity contribution in [3.8, 4) is 5.75 Å². The Morgan fingerprint density at radius 3 is 2.47 bits per heavy atom. The van der Waals surface area contributed by atoms with E-state index in [1.807, 2.05) is 13.0 Å². The van der Waals surface area contributed by atoms with Gasteiger partial charge in [0.05, 0.1) is 22.9 Å². The van der Waals surface area contributed by atoms with Crippen LogP contribution in [0.1, 0.15) is 11.3 Å². The second-order valence-corrected chi connectivity index (χ2v) is 4.48. The van der Waals surface area contributed by atoms with Gasteiger partial charge in [-0.05, 0) is 30.7 Å². The minimum Gasteiger partial charge on any atom is -0.505 e. The molecule has 90 valence electrons. The summed E-state index contributed by atoms with van der Waals surface area (Å²) in [5.41, 5.74) is 1.81. The monoisotopic (exact) mass is 271 g/mol. The van der Waals surface area contributed by atoms with Crippen LogP contribution in [0.25, 0.3) is 0 Å². The summed E-state index contributed by atoms with van der Waals surface area (Å²) < 4.78 is 5.29. The van der Waals surface area contributed by atoms with Crippen LogP contribution < -0.4 is 5.32 Å². The van der Waals surface area contributed by atoms with E-state index in [4.69, 9.17) is 27.6 Å². The molecule has 2 N–H and O–H groups in total. The molecule has 0 radical (unpaired) electrons. The molecule has 0 saturated heterocycles. The smallest absolute Gasteiger partial charge is 0.152 e. The highest BCUT2D eigenvalue weighted by atomic mass is 35.5. The molecule has 0 aliphatic heterocycles. The summed E-state index contributed by atoms with van der Waals surface area (Å²) in [6.45, 7) is 2.51. The van der Waals surface area contributed by atoms with Crippen molar-refractivity contribution in [1.82, 2.24) is 0 Å². The fourth-order valence-electron chi connectivity index (χ4n) is 1.44. The summed E-state index contributed by atoms with van der Waals surface area (Å²) in [6.07, 6.45) is 1.64. The molecule has 0 saturated carbocycles. The van der Waals surface area contributed by atoms with Crippen molar-refractivity contribution in [2.45, 2.75) is 13.5 Å². The van der Waals surface area contributed by atoms with E-state index >= 15 is 0 Å². The molecule has 2 rings (SSSR count). The van der Waals surface area contributed by atoms with Crippen molar-refractivity contribution in [3.63, 3.8) is 0 Å². The standard InChI is InChI=1S/C12H11Cl2NO2/c1-7-2-3-17-11(7)6-15-8-4-9(13)12(16)10(14)5-8/h2-5,15-16H,6H2,1H3. The van der Waals surface area contributed by atoms with Crippen LogP contribution in [-0.2, 0) is 6.54 Å². The molecule has 0 aliphatic carbocycles. The average Bonchev–Trinajstić information content (AvgIpc) is 2.69. The average molecular weight is 272 g/mol. The molecule has 1 heterocycles. The summed E-state index contributed by atoms with van der Waals surface area (Å²) >= 11 is 11.6. The first-order chi connectivity index (χ1) is 8.08. The van der Waals surface area contributed by atoms with Gasteiger partial charge in [0.25, 0.3) is 0 Å². The molecule has 0 fully saturated rings. The van der Waals surface area contributed by atoms with Crippen LogP contribution in [0.2, 0.25) is 10.0 Å². The largest absolute Gasteiger partial charge is 0.505 e. The number of anilines is 1. The van der Waals surface area contributed by atoms with Crippen LogP contribution >= 0.6 is 23.2 Å². The molecule has 3 nitrogen and oxygen atoms in total. The van der Waals surface area contributed by atoms with Crippen molar-refractivity contribution in [1.29, 1.82) is 0 Å². The summed E-state index contributed by atoms with van der Waals surface area (Å²) in [6, 6.07) is 5.12. The quantitative estimate of drug-likeness (QED) is 0.822. The Labute approximate surface area is 109 Å². The Morgan fingerprint density at radius 1 is 1.29 bits per heavy atom. The topological polar surface area (TPSA) is 45.4 Å². The van der Waals surface area contributed by atoms with E-state index in [-0.39, 0.29) is 15.8 Å². The first-order valence-electron chi connectivity index (χ1n) is 5.03. The highest BCUT2D eigenvalue weighted by Crippen LogP contribution is 2.34. The lowest BCUT2D eigenvalue weighted by atomic mass is 10.2. The van der Waals surface area contributed by atoms with Crippen LogP contribution in [0.5, 0.6) is 5.75 Å². The number of benzene rings is 1. The summed E-state index contributed by atoms with van der Waals surface area (Å²) in [5, 5.41) is 13.0. The number of phenolic OH excluding ortho intramolecular Hbond substituents is 1. The van der Waals surface area contributed by atoms with Gasteiger partial charge in [-0.3, -0.25) is 0 Å². The van der Waals surface area contributed by atoms with Gasteiger partial charge >= 0.3 is 0 Å². The first-order valence-corrected chi connectivity index (χ1v) is 5.78. The number of hydrogen-bond donors (Lipinski definition) is 2. The summed E-state index contributed by atoms with van der Waals surface area (Å²) in [4.78, 5) is 0.